The first-order chi connectivity index (χ1) is 7.84. The van der Waals surface area contributed by atoms with Crippen molar-refractivity contribution in [3.63, 3.8) is 0 Å². The van der Waals surface area contributed by atoms with Gasteiger partial charge in [0, 0.05) is 5.54 Å². The van der Waals surface area contributed by atoms with Gasteiger partial charge in [-0.1, -0.05) is 6.07 Å². The van der Waals surface area contributed by atoms with Crippen LogP contribution in [-0.2, 0) is 12.6 Å². The van der Waals surface area contributed by atoms with Crippen molar-refractivity contribution in [2.75, 3.05) is 7.11 Å². The van der Waals surface area contributed by atoms with Gasteiger partial charge in [-0.15, -0.1) is 0 Å². The Morgan fingerprint density at radius 1 is 1.35 bits per heavy atom. The van der Waals surface area contributed by atoms with Gasteiger partial charge in [-0.2, -0.15) is 13.2 Å². The average molecular weight is 245 g/mol. The van der Waals surface area contributed by atoms with E-state index in [1.54, 1.807) is 6.07 Å². The van der Waals surface area contributed by atoms with Crippen LogP contribution < -0.4 is 10.5 Å². The third-order valence-electron chi connectivity index (χ3n) is 3.02. The van der Waals surface area contributed by atoms with Crippen LogP contribution in [0.5, 0.6) is 5.75 Å². The lowest BCUT2D eigenvalue weighted by molar-refractivity contribution is -0.138. The fraction of sp³-hybridized carbons (Fsp3) is 0.500. The van der Waals surface area contributed by atoms with Gasteiger partial charge in [-0.3, -0.25) is 0 Å². The van der Waals surface area contributed by atoms with Crippen molar-refractivity contribution in [3.8, 4) is 5.75 Å². The Kier molecular flexibility index (Phi) is 2.81. The molecular weight excluding hydrogens is 231 g/mol. The first-order valence-corrected chi connectivity index (χ1v) is 5.37. The van der Waals surface area contributed by atoms with E-state index in [-0.39, 0.29) is 11.3 Å². The van der Waals surface area contributed by atoms with Crippen LogP contribution in [0.2, 0.25) is 0 Å². The topological polar surface area (TPSA) is 35.2 Å². The molecule has 0 spiro atoms. The zero-order valence-corrected chi connectivity index (χ0v) is 9.47. The number of benzene rings is 1. The molecule has 1 aliphatic carbocycles. The smallest absolute Gasteiger partial charge is 0.419 e. The fourth-order valence-electron chi connectivity index (χ4n) is 1.83. The molecule has 1 fully saturated rings. The Labute approximate surface area is 97.6 Å². The summed E-state index contributed by atoms with van der Waals surface area (Å²) in [7, 11) is 1.23. The van der Waals surface area contributed by atoms with Gasteiger partial charge in [-0.05, 0) is 37.0 Å². The highest BCUT2D eigenvalue weighted by atomic mass is 19.4. The number of ether oxygens (including phenoxy) is 1. The number of alkyl halides is 3. The largest absolute Gasteiger partial charge is 0.496 e. The lowest BCUT2D eigenvalue weighted by Gasteiger charge is -2.15. The standard InChI is InChI=1S/C12H14F3NO/c1-17-10-3-2-8(7-11(16)4-5-11)6-9(10)12(13,14)15/h2-3,6H,4-5,7,16H2,1H3. The molecule has 1 aromatic rings. The molecule has 1 saturated carbocycles. The molecule has 0 heterocycles. The monoisotopic (exact) mass is 245 g/mol. The molecule has 1 aromatic carbocycles. The Morgan fingerprint density at radius 3 is 2.47 bits per heavy atom. The van der Waals surface area contributed by atoms with Crippen molar-refractivity contribution in [2.24, 2.45) is 5.73 Å². The van der Waals surface area contributed by atoms with Crippen LogP contribution in [0.4, 0.5) is 13.2 Å². The summed E-state index contributed by atoms with van der Waals surface area (Å²) < 4.78 is 43.0. The molecule has 2 rings (SSSR count). The van der Waals surface area contributed by atoms with E-state index in [1.807, 2.05) is 0 Å². The number of halogens is 3. The van der Waals surface area contributed by atoms with Crippen LogP contribution in [-0.4, -0.2) is 12.6 Å². The minimum atomic E-state index is -4.40. The zero-order chi connectivity index (χ0) is 12.7. The number of hydrogen-bond acceptors (Lipinski definition) is 2. The molecular formula is C12H14F3NO. The molecule has 2 N–H and O–H groups in total. The van der Waals surface area contributed by atoms with Gasteiger partial charge in [0.15, 0.2) is 0 Å². The highest BCUT2D eigenvalue weighted by Crippen LogP contribution is 2.40. The maximum absolute atomic E-state index is 12.8. The summed E-state index contributed by atoms with van der Waals surface area (Å²) in [5.74, 6) is -0.150. The number of rotatable bonds is 3. The highest BCUT2D eigenvalue weighted by Gasteiger charge is 2.39. The third-order valence-corrected chi connectivity index (χ3v) is 3.02. The summed E-state index contributed by atoms with van der Waals surface area (Å²) in [5.41, 5.74) is 5.48. The molecule has 0 atom stereocenters. The molecule has 2 nitrogen and oxygen atoms in total. The van der Waals surface area contributed by atoms with Crippen LogP contribution in [0.1, 0.15) is 24.0 Å². The van der Waals surface area contributed by atoms with Crippen LogP contribution >= 0.6 is 0 Å². The molecule has 0 unspecified atom stereocenters. The number of nitrogens with two attached hydrogens (primary N) is 1. The van der Waals surface area contributed by atoms with Crippen molar-refractivity contribution in [3.05, 3.63) is 29.3 Å². The molecule has 17 heavy (non-hydrogen) atoms. The minimum absolute atomic E-state index is 0.150. The SMILES string of the molecule is COc1ccc(CC2(N)CC2)cc1C(F)(F)F. The van der Waals surface area contributed by atoms with Crippen LogP contribution in [0, 0.1) is 0 Å². The van der Waals surface area contributed by atoms with E-state index in [1.165, 1.54) is 13.2 Å². The van der Waals surface area contributed by atoms with E-state index in [2.05, 4.69) is 0 Å². The molecule has 0 saturated heterocycles. The molecule has 0 radical (unpaired) electrons. The van der Waals surface area contributed by atoms with Crippen molar-refractivity contribution in [1.82, 2.24) is 0 Å². The molecule has 0 bridgehead atoms. The Balaban J connectivity index is 2.31. The number of methoxy groups -OCH3 is 1. The van der Waals surface area contributed by atoms with Crippen LogP contribution in [0.25, 0.3) is 0 Å². The van der Waals surface area contributed by atoms with E-state index in [9.17, 15) is 13.2 Å². The zero-order valence-electron chi connectivity index (χ0n) is 9.47. The van der Waals surface area contributed by atoms with Gasteiger partial charge in [0.1, 0.15) is 5.75 Å². The maximum atomic E-state index is 12.8. The van der Waals surface area contributed by atoms with Crippen molar-refractivity contribution >= 4 is 0 Å². The predicted octanol–water partition coefficient (Wildman–Crippen LogP) is 2.75. The second kappa shape index (κ2) is 3.91. The van der Waals surface area contributed by atoms with Crippen molar-refractivity contribution in [2.45, 2.75) is 31.0 Å². The third kappa shape index (κ3) is 2.72. The van der Waals surface area contributed by atoms with Crippen LogP contribution in [0.15, 0.2) is 18.2 Å². The Bertz CT molecular complexity index is 424. The van der Waals surface area contributed by atoms with Gasteiger partial charge in [0.25, 0.3) is 0 Å². The first kappa shape index (κ1) is 12.2. The summed E-state index contributed by atoms with van der Waals surface area (Å²) in [6, 6.07) is 4.12. The summed E-state index contributed by atoms with van der Waals surface area (Å²) in [6.45, 7) is 0. The number of hydrogen-bond donors (Lipinski definition) is 1. The maximum Gasteiger partial charge on any atom is 0.419 e. The van der Waals surface area contributed by atoms with Gasteiger partial charge >= 0.3 is 6.18 Å². The summed E-state index contributed by atoms with van der Waals surface area (Å²) in [6.07, 6.45) is -2.16. The summed E-state index contributed by atoms with van der Waals surface area (Å²) >= 11 is 0. The fourth-order valence-corrected chi connectivity index (χ4v) is 1.83. The second-order valence-corrected chi connectivity index (χ2v) is 4.57. The van der Waals surface area contributed by atoms with E-state index in [4.69, 9.17) is 10.5 Å². The van der Waals surface area contributed by atoms with Gasteiger partial charge in [0.2, 0.25) is 0 Å². The van der Waals surface area contributed by atoms with Gasteiger partial charge < -0.3 is 10.5 Å². The molecule has 5 heteroatoms. The first-order valence-electron chi connectivity index (χ1n) is 5.37. The predicted molar refractivity (Wildman–Crippen MR) is 57.9 cm³/mol. The lowest BCUT2D eigenvalue weighted by Crippen LogP contribution is -2.24. The van der Waals surface area contributed by atoms with E-state index in [0.29, 0.717) is 12.0 Å². The summed E-state index contributed by atoms with van der Waals surface area (Å²) in [5, 5.41) is 0. The minimum Gasteiger partial charge on any atom is -0.496 e. The normalized spacial score (nSPS) is 17.9. The molecule has 0 aromatic heterocycles. The molecule has 0 aliphatic heterocycles. The van der Waals surface area contributed by atoms with E-state index < -0.39 is 11.7 Å². The molecule has 94 valence electrons. The summed E-state index contributed by atoms with van der Waals surface area (Å²) in [4.78, 5) is 0. The lowest BCUT2D eigenvalue weighted by atomic mass is 10.0. The average Bonchev–Trinajstić information content (AvgIpc) is 2.95. The van der Waals surface area contributed by atoms with Crippen LogP contribution in [0.3, 0.4) is 0 Å². The van der Waals surface area contributed by atoms with E-state index in [0.717, 1.165) is 18.9 Å². The quantitative estimate of drug-likeness (QED) is 0.888. The molecule has 1 aliphatic rings. The highest BCUT2D eigenvalue weighted by molar-refractivity contribution is 5.40. The van der Waals surface area contributed by atoms with E-state index >= 15 is 0 Å². The Morgan fingerprint density at radius 2 is 2.00 bits per heavy atom. The van der Waals surface area contributed by atoms with Crippen molar-refractivity contribution in [1.29, 1.82) is 0 Å². The van der Waals surface area contributed by atoms with Crippen molar-refractivity contribution < 1.29 is 17.9 Å². The molecule has 0 amide bonds. The van der Waals surface area contributed by atoms with Gasteiger partial charge in [0.05, 0.1) is 12.7 Å². The van der Waals surface area contributed by atoms with Gasteiger partial charge in [-0.25, -0.2) is 0 Å². The second-order valence-electron chi connectivity index (χ2n) is 4.57. The Hall–Kier alpha value is -1.23.